The fourth-order valence-electron chi connectivity index (χ4n) is 4.77. The van der Waals surface area contributed by atoms with E-state index < -0.39 is 0 Å². The molecule has 2 aliphatic heterocycles. The molecule has 3 heterocycles. The second-order valence-electron chi connectivity index (χ2n) is 6.19. The fraction of sp³-hybridized carbons (Fsp3) is 0.769. The zero-order valence-corrected chi connectivity index (χ0v) is 11.9. The van der Waals surface area contributed by atoms with Crippen LogP contribution in [0.2, 0.25) is 0 Å². The first-order chi connectivity index (χ1) is 8.33. The molecule has 0 amide bonds. The highest BCUT2D eigenvalue weighted by Crippen LogP contribution is 2.82. The summed E-state index contributed by atoms with van der Waals surface area (Å²) in [7, 11) is 0. The largest absolute Gasteiger partial charge is 0.312 e. The highest BCUT2D eigenvalue weighted by molar-refractivity contribution is 14.1. The van der Waals surface area contributed by atoms with Crippen LogP contribution in [-0.4, -0.2) is 22.4 Å². The molecular weight excluding hydrogens is 325 g/mol. The minimum absolute atomic E-state index is 0.541. The Kier molecular flexibility index (Phi) is 1.67. The van der Waals surface area contributed by atoms with Crippen molar-refractivity contribution in [3.63, 3.8) is 0 Å². The normalized spacial score (nSPS) is 46.3. The van der Waals surface area contributed by atoms with Crippen LogP contribution in [0.15, 0.2) is 6.07 Å². The molecule has 5 aliphatic rings. The Morgan fingerprint density at radius 3 is 2.88 bits per heavy atom. The van der Waals surface area contributed by atoms with Crippen molar-refractivity contribution in [3.05, 3.63) is 15.5 Å². The summed E-state index contributed by atoms with van der Waals surface area (Å²) in [5.74, 6) is 1.91. The number of halogens is 1. The lowest BCUT2D eigenvalue weighted by Gasteiger charge is -2.16. The third-order valence-corrected chi connectivity index (χ3v) is 6.16. The predicted octanol–water partition coefficient (Wildman–Crippen LogP) is 2.07. The standard InChI is InChI=1S/C13H16IN3/c14-10-5-9(13-8-6-15-12(13)11(8)13)17(16-10)7-3-1-2-4-7/h5,7-8,11-12,15H,1-4,6H2/t8-,11-,12?,13-/m1/s1. The van der Waals surface area contributed by atoms with Gasteiger partial charge in [0, 0.05) is 17.2 Å². The van der Waals surface area contributed by atoms with Crippen LogP contribution in [0, 0.1) is 15.5 Å². The summed E-state index contributed by atoms with van der Waals surface area (Å²) >= 11 is 2.38. The lowest BCUT2D eigenvalue weighted by Crippen LogP contribution is -2.20. The number of piperidine rings is 1. The third kappa shape index (κ3) is 0.983. The van der Waals surface area contributed by atoms with E-state index in [-0.39, 0.29) is 0 Å². The monoisotopic (exact) mass is 341 g/mol. The molecule has 3 nitrogen and oxygen atoms in total. The second-order valence-corrected chi connectivity index (χ2v) is 7.29. The topological polar surface area (TPSA) is 29.9 Å². The second kappa shape index (κ2) is 2.90. The molecule has 1 N–H and O–H groups in total. The molecule has 4 atom stereocenters. The molecule has 0 spiro atoms. The minimum Gasteiger partial charge on any atom is -0.312 e. The molecule has 3 aliphatic carbocycles. The van der Waals surface area contributed by atoms with Crippen molar-refractivity contribution in [1.29, 1.82) is 0 Å². The van der Waals surface area contributed by atoms with Crippen molar-refractivity contribution in [2.45, 2.75) is 43.2 Å². The molecule has 0 radical (unpaired) electrons. The maximum Gasteiger partial charge on any atom is 0.123 e. The van der Waals surface area contributed by atoms with Gasteiger partial charge < -0.3 is 5.32 Å². The Labute approximate surface area is 114 Å². The average Bonchev–Trinajstić information content (AvgIpc) is 2.89. The van der Waals surface area contributed by atoms with Crippen LogP contribution < -0.4 is 5.32 Å². The number of aromatic nitrogens is 2. The lowest BCUT2D eigenvalue weighted by molar-refractivity contribution is 0.434. The third-order valence-electron chi connectivity index (χ3n) is 5.63. The van der Waals surface area contributed by atoms with Gasteiger partial charge in [-0.2, -0.15) is 5.10 Å². The van der Waals surface area contributed by atoms with Crippen molar-refractivity contribution in [3.8, 4) is 0 Å². The molecule has 2 bridgehead atoms. The SMILES string of the molecule is Ic1cc([C@]23C4NC[C@@H]2[C@H]43)n(C2CCCC2)n1. The van der Waals surface area contributed by atoms with Crippen molar-refractivity contribution < 1.29 is 0 Å². The molecule has 90 valence electrons. The van der Waals surface area contributed by atoms with Crippen LogP contribution in [0.4, 0.5) is 0 Å². The zero-order chi connectivity index (χ0) is 11.2. The molecule has 0 aromatic carbocycles. The van der Waals surface area contributed by atoms with Crippen LogP contribution in [0.5, 0.6) is 0 Å². The number of nitrogens with zero attached hydrogens (tertiary/aromatic N) is 2. The van der Waals surface area contributed by atoms with Gasteiger partial charge in [-0.25, -0.2) is 0 Å². The Morgan fingerprint density at radius 1 is 1.41 bits per heavy atom. The van der Waals surface area contributed by atoms with Gasteiger partial charge in [-0.05, 0) is 59.9 Å². The summed E-state index contributed by atoms with van der Waals surface area (Å²) in [5.41, 5.74) is 2.11. The van der Waals surface area contributed by atoms with Gasteiger partial charge in [-0.3, -0.25) is 4.68 Å². The highest BCUT2D eigenvalue weighted by Gasteiger charge is 2.91. The smallest absolute Gasteiger partial charge is 0.123 e. The fourth-order valence-corrected chi connectivity index (χ4v) is 5.30. The maximum absolute atomic E-state index is 4.80. The van der Waals surface area contributed by atoms with Gasteiger partial charge in [-0.15, -0.1) is 0 Å². The summed E-state index contributed by atoms with van der Waals surface area (Å²) < 4.78 is 3.60. The summed E-state index contributed by atoms with van der Waals surface area (Å²) in [6, 6.07) is 3.86. The molecule has 6 rings (SSSR count). The Hall–Kier alpha value is -0.100. The van der Waals surface area contributed by atoms with Gasteiger partial charge in [0.2, 0.25) is 0 Å². The molecule has 5 fully saturated rings. The number of fused-ring (bicyclic) bond motifs is 1. The molecule has 3 saturated carbocycles. The molecule has 2 saturated heterocycles. The maximum atomic E-state index is 4.80. The van der Waals surface area contributed by atoms with E-state index in [1.54, 1.807) is 5.69 Å². The molecular formula is C13H16IN3. The zero-order valence-electron chi connectivity index (χ0n) is 9.69. The molecule has 1 aromatic heterocycles. The number of rotatable bonds is 2. The summed E-state index contributed by atoms with van der Waals surface area (Å²) in [4.78, 5) is 0. The van der Waals surface area contributed by atoms with Gasteiger partial charge in [0.1, 0.15) is 3.70 Å². The van der Waals surface area contributed by atoms with Crippen LogP contribution in [0.3, 0.4) is 0 Å². The average molecular weight is 341 g/mol. The van der Waals surface area contributed by atoms with E-state index in [0.29, 0.717) is 11.5 Å². The Bertz CT molecular complexity index is 481. The summed E-state index contributed by atoms with van der Waals surface area (Å²) in [5, 5.41) is 8.45. The highest BCUT2D eigenvalue weighted by atomic mass is 127. The number of hydrogen-bond acceptors (Lipinski definition) is 2. The lowest BCUT2D eigenvalue weighted by atomic mass is 10.0. The Morgan fingerprint density at radius 2 is 2.24 bits per heavy atom. The molecule has 1 unspecified atom stereocenters. The van der Waals surface area contributed by atoms with E-state index in [9.17, 15) is 0 Å². The van der Waals surface area contributed by atoms with Crippen LogP contribution in [-0.2, 0) is 5.41 Å². The van der Waals surface area contributed by atoms with Gasteiger partial charge >= 0.3 is 0 Å². The first-order valence-electron chi connectivity index (χ1n) is 6.82. The van der Waals surface area contributed by atoms with Gasteiger partial charge in [0.05, 0.1) is 6.04 Å². The van der Waals surface area contributed by atoms with Gasteiger partial charge in [-0.1, -0.05) is 12.8 Å². The van der Waals surface area contributed by atoms with E-state index >= 15 is 0 Å². The quantitative estimate of drug-likeness (QED) is 0.835. The van der Waals surface area contributed by atoms with E-state index in [2.05, 4.69) is 38.7 Å². The molecule has 1 aromatic rings. The van der Waals surface area contributed by atoms with E-state index in [0.717, 1.165) is 17.9 Å². The Balaban J connectivity index is 1.60. The van der Waals surface area contributed by atoms with E-state index in [1.165, 1.54) is 35.9 Å². The van der Waals surface area contributed by atoms with Crippen LogP contribution >= 0.6 is 22.6 Å². The predicted molar refractivity (Wildman–Crippen MR) is 72.9 cm³/mol. The van der Waals surface area contributed by atoms with Gasteiger partial charge in [0.25, 0.3) is 0 Å². The molecule has 17 heavy (non-hydrogen) atoms. The first-order valence-corrected chi connectivity index (χ1v) is 7.90. The summed E-state index contributed by atoms with van der Waals surface area (Å²) in [6.45, 7) is 1.25. The van der Waals surface area contributed by atoms with Crippen molar-refractivity contribution in [2.75, 3.05) is 6.54 Å². The van der Waals surface area contributed by atoms with Crippen molar-refractivity contribution in [2.24, 2.45) is 11.8 Å². The molecule has 4 heteroatoms. The number of nitrogens with one attached hydrogen (secondary N) is 1. The van der Waals surface area contributed by atoms with Crippen LogP contribution in [0.25, 0.3) is 0 Å². The van der Waals surface area contributed by atoms with Gasteiger partial charge in [0.15, 0.2) is 0 Å². The number of hydrogen-bond donors (Lipinski definition) is 1. The minimum atomic E-state index is 0.541. The van der Waals surface area contributed by atoms with Crippen molar-refractivity contribution in [1.82, 2.24) is 15.1 Å². The van der Waals surface area contributed by atoms with Crippen molar-refractivity contribution >= 4 is 22.6 Å². The van der Waals surface area contributed by atoms with E-state index in [1.807, 2.05) is 0 Å². The van der Waals surface area contributed by atoms with Crippen LogP contribution in [0.1, 0.15) is 37.4 Å². The summed E-state index contributed by atoms with van der Waals surface area (Å²) in [6.07, 6.45) is 5.46. The van der Waals surface area contributed by atoms with E-state index in [4.69, 9.17) is 5.10 Å². The first kappa shape index (κ1) is 9.78.